The van der Waals surface area contributed by atoms with Crippen molar-refractivity contribution in [3.8, 4) is 0 Å². The number of carboxylic acid groups (broad SMARTS) is 1. The Kier molecular flexibility index (Phi) is 3.40. The number of fused-ring (bicyclic) bond motifs is 1. The molecule has 2 saturated heterocycles. The Morgan fingerprint density at radius 1 is 1.38 bits per heavy atom. The quantitative estimate of drug-likeness (QED) is 0.906. The fourth-order valence-electron chi connectivity index (χ4n) is 3.72. The van der Waals surface area contributed by atoms with E-state index in [0.29, 0.717) is 30.4 Å². The molecule has 8 heteroatoms. The molecule has 0 amide bonds. The summed E-state index contributed by atoms with van der Waals surface area (Å²) >= 11 is 0. The first kappa shape index (κ1) is 15.5. The van der Waals surface area contributed by atoms with E-state index >= 15 is 0 Å². The second-order valence-electron chi connectivity index (χ2n) is 7.08. The predicted molar refractivity (Wildman–Crippen MR) is 83.6 cm³/mol. The average molecular weight is 338 g/mol. The summed E-state index contributed by atoms with van der Waals surface area (Å²) in [6.45, 7) is 3.92. The molecule has 0 bridgehead atoms. The minimum absolute atomic E-state index is 0.0569. The van der Waals surface area contributed by atoms with Gasteiger partial charge in [0.25, 0.3) is 5.92 Å². The summed E-state index contributed by atoms with van der Waals surface area (Å²) < 4.78 is 28.4. The van der Waals surface area contributed by atoms with Crippen LogP contribution < -0.4 is 9.80 Å². The van der Waals surface area contributed by atoms with Crippen molar-refractivity contribution in [2.24, 2.45) is 5.92 Å². The monoisotopic (exact) mass is 338 g/mol. The van der Waals surface area contributed by atoms with E-state index < -0.39 is 11.9 Å². The second-order valence-corrected chi connectivity index (χ2v) is 7.08. The molecule has 0 unspecified atom stereocenters. The number of nitrogens with zero attached hydrogens (tertiary/aromatic N) is 4. The van der Waals surface area contributed by atoms with E-state index in [9.17, 15) is 13.6 Å². The highest BCUT2D eigenvalue weighted by atomic mass is 19.3. The number of alkyl halides is 2. The van der Waals surface area contributed by atoms with Gasteiger partial charge in [-0.25, -0.2) is 4.98 Å². The standard InChI is InChI=1S/C16H20F2N4O2/c1-9-3-5-22(9)15-19-13-11(2-4-16(13,17)18)14(20-15)21-7-10(8-21)6-12(23)24/h9-10H,2-8H2,1H3,(H,23,24)/t9-/m0/s1. The molecular formula is C16H20F2N4O2. The van der Waals surface area contributed by atoms with Crippen molar-refractivity contribution >= 4 is 17.7 Å². The summed E-state index contributed by atoms with van der Waals surface area (Å²) in [7, 11) is 0. The van der Waals surface area contributed by atoms with Crippen LogP contribution in [0.25, 0.3) is 0 Å². The molecule has 6 nitrogen and oxygen atoms in total. The van der Waals surface area contributed by atoms with Crippen molar-refractivity contribution in [2.45, 2.75) is 44.6 Å². The van der Waals surface area contributed by atoms with Crippen LogP contribution in [0.1, 0.15) is 37.4 Å². The lowest BCUT2D eigenvalue weighted by atomic mass is 9.96. The van der Waals surface area contributed by atoms with E-state index in [1.807, 2.05) is 16.7 Å². The molecule has 2 aliphatic heterocycles. The van der Waals surface area contributed by atoms with Gasteiger partial charge in [0, 0.05) is 43.6 Å². The van der Waals surface area contributed by atoms with Gasteiger partial charge in [-0.05, 0) is 19.8 Å². The van der Waals surface area contributed by atoms with Crippen molar-refractivity contribution in [1.82, 2.24) is 9.97 Å². The summed E-state index contributed by atoms with van der Waals surface area (Å²) in [5.41, 5.74) is 0.397. The van der Waals surface area contributed by atoms with Crippen molar-refractivity contribution < 1.29 is 18.7 Å². The molecule has 0 spiro atoms. The highest BCUT2D eigenvalue weighted by Crippen LogP contribution is 2.45. The van der Waals surface area contributed by atoms with Gasteiger partial charge in [0.1, 0.15) is 11.5 Å². The van der Waals surface area contributed by atoms with Gasteiger partial charge in [-0.2, -0.15) is 13.8 Å². The SMILES string of the molecule is C[C@H]1CCN1c1nc(N2CC(CC(=O)O)C2)c2c(n1)C(F)(F)CC2. The third-order valence-electron chi connectivity index (χ3n) is 5.31. The number of hydrogen-bond acceptors (Lipinski definition) is 5. The molecule has 3 heterocycles. The molecule has 0 radical (unpaired) electrons. The summed E-state index contributed by atoms with van der Waals surface area (Å²) in [5, 5.41) is 8.86. The molecule has 4 rings (SSSR count). The maximum Gasteiger partial charge on any atom is 0.303 e. The second kappa shape index (κ2) is 5.26. The van der Waals surface area contributed by atoms with Gasteiger partial charge in [0.05, 0.1) is 6.42 Å². The van der Waals surface area contributed by atoms with Gasteiger partial charge in [0.2, 0.25) is 5.95 Å². The number of aliphatic carboxylic acids is 1. The molecule has 2 fully saturated rings. The zero-order valence-corrected chi connectivity index (χ0v) is 13.5. The molecule has 1 atom stereocenters. The van der Waals surface area contributed by atoms with Gasteiger partial charge < -0.3 is 14.9 Å². The number of carbonyl (C=O) groups is 1. The first-order valence-electron chi connectivity index (χ1n) is 8.38. The number of halogens is 2. The Morgan fingerprint density at radius 3 is 2.71 bits per heavy atom. The Balaban J connectivity index is 1.65. The Labute approximate surface area is 138 Å². The topological polar surface area (TPSA) is 69.6 Å². The summed E-state index contributed by atoms with van der Waals surface area (Å²) in [4.78, 5) is 23.4. The van der Waals surface area contributed by atoms with Crippen LogP contribution in [0.15, 0.2) is 0 Å². The fourth-order valence-corrected chi connectivity index (χ4v) is 3.72. The predicted octanol–water partition coefficient (Wildman–Crippen LogP) is 2.02. The molecule has 24 heavy (non-hydrogen) atoms. The molecule has 0 aromatic carbocycles. The van der Waals surface area contributed by atoms with E-state index in [2.05, 4.69) is 9.97 Å². The van der Waals surface area contributed by atoms with Crippen LogP contribution in [-0.4, -0.2) is 46.7 Å². The minimum atomic E-state index is -2.90. The van der Waals surface area contributed by atoms with Crippen LogP contribution in [0.4, 0.5) is 20.5 Å². The Morgan fingerprint density at radius 2 is 2.12 bits per heavy atom. The molecule has 1 aliphatic carbocycles. The van der Waals surface area contributed by atoms with E-state index in [4.69, 9.17) is 5.11 Å². The van der Waals surface area contributed by atoms with Crippen molar-refractivity contribution in [2.75, 3.05) is 29.4 Å². The highest BCUT2D eigenvalue weighted by Gasteiger charge is 2.45. The number of anilines is 2. The lowest BCUT2D eigenvalue weighted by Gasteiger charge is -2.42. The molecule has 1 aromatic heterocycles. The molecule has 1 N–H and O–H groups in total. The van der Waals surface area contributed by atoms with Gasteiger partial charge >= 0.3 is 5.97 Å². The third kappa shape index (κ3) is 2.39. The van der Waals surface area contributed by atoms with Crippen molar-refractivity contribution in [1.29, 1.82) is 0 Å². The summed E-state index contributed by atoms with van der Waals surface area (Å²) in [6, 6.07) is 0.266. The molecule has 130 valence electrons. The Bertz CT molecular complexity index is 691. The number of rotatable bonds is 4. The van der Waals surface area contributed by atoms with E-state index in [1.165, 1.54) is 0 Å². The van der Waals surface area contributed by atoms with Crippen LogP contribution in [0, 0.1) is 5.92 Å². The molecular weight excluding hydrogens is 318 g/mol. The van der Waals surface area contributed by atoms with Crippen LogP contribution in [0.3, 0.4) is 0 Å². The normalized spacial score (nSPS) is 25.2. The maximum absolute atomic E-state index is 14.2. The van der Waals surface area contributed by atoms with Crippen LogP contribution in [0.2, 0.25) is 0 Å². The summed E-state index contributed by atoms with van der Waals surface area (Å²) in [6.07, 6.45) is 1.16. The lowest BCUT2D eigenvalue weighted by Crippen LogP contribution is -2.50. The zero-order valence-electron chi connectivity index (χ0n) is 13.5. The van der Waals surface area contributed by atoms with Crippen LogP contribution >= 0.6 is 0 Å². The van der Waals surface area contributed by atoms with E-state index in [0.717, 1.165) is 13.0 Å². The van der Waals surface area contributed by atoms with Crippen LogP contribution in [-0.2, 0) is 17.1 Å². The first-order chi connectivity index (χ1) is 11.3. The van der Waals surface area contributed by atoms with E-state index in [-0.39, 0.29) is 36.9 Å². The molecule has 1 aromatic rings. The largest absolute Gasteiger partial charge is 0.481 e. The summed E-state index contributed by atoms with van der Waals surface area (Å²) in [5.74, 6) is -2.71. The average Bonchev–Trinajstić information content (AvgIpc) is 2.76. The molecule has 0 saturated carbocycles. The first-order valence-corrected chi connectivity index (χ1v) is 8.38. The maximum atomic E-state index is 14.2. The number of hydrogen-bond donors (Lipinski definition) is 1. The fraction of sp³-hybridized carbons (Fsp3) is 0.688. The lowest BCUT2D eigenvalue weighted by molar-refractivity contribution is -0.138. The third-order valence-corrected chi connectivity index (χ3v) is 5.31. The number of aromatic nitrogens is 2. The zero-order chi connectivity index (χ0) is 17.1. The highest BCUT2D eigenvalue weighted by molar-refractivity contribution is 5.68. The van der Waals surface area contributed by atoms with Gasteiger partial charge in [-0.3, -0.25) is 4.79 Å². The smallest absolute Gasteiger partial charge is 0.303 e. The van der Waals surface area contributed by atoms with Crippen molar-refractivity contribution in [3.05, 3.63) is 11.3 Å². The van der Waals surface area contributed by atoms with Gasteiger partial charge in [0.15, 0.2) is 0 Å². The van der Waals surface area contributed by atoms with Crippen LogP contribution in [0.5, 0.6) is 0 Å². The van der Waals surface area contributed by atoms with Gasteiger partial charge in [-0.1, -0.05) is 0 Å². The van der Waals surface area contributed by atoms with Gasteiger partial charge in [-0.15, -0.1) is 0 Å². The Hall–Kier alpha value is -1.99. The molecule has 3 aliphatic rings. The number of carboxylic acids is 1. The van der Waals surface area contributed by atoms with Crippen molar-refractivity contribution in [3.63, 3.8) is 0 Å². The minimum Gasteiger partial charge on any atom is -0.481 e. The van der Waals surface area contributed by atoms with E-state index in [1.54, 1.807) is 0 Å².